The molecular formula is C21H27N3O2. The van der Waals surface area contributed by atoms with E-state index >= 15 is 0 Å². The summed E-state index contributed by atoms with van der Waals surface area (Å²) < 4.78 is 0. The van der Waals surface area contributed by atoms with Crippen LogP contribution in [0.15, 0.2) is 42.5 Å². The number of rotatable bonds is 7. The van der Waals surface area contributed by atoms with Crippen molar-refractivity contribution in [2.75, 3.05) is 31.3 Å². The fourth-order valence-electron chi connectivity index (χ4n) is 2.54. The monoisotopic (exact) mass is 353 g/mol. The van der Waals surface area contributed by atoms with Crippen molar-refractivity contribution in [3.8, 4) is 0 Å². The van der Waals surface area contributed by atoms with Gasteiger partial charge in [-0.3, -0.25) is 9.59 Å². The summed E-state index contributed by atoms with van der Waals surface area (Å²) in [5, 5.41) is 6.05. The third-order valence-electron chi connectivity index (χ3n) is 4.20. The molecule has 0 heterocycles. The molecule has 2 rings (SSSR count). The van der Waals surface area contributed by atoms with E-state index in [0.29, 0.717) is 12.8 Å². The smallest absolute Gasteiger partial charge is 0.243 e. The van der Waals surface area contributed by atoms with E-state index in [0.717, 1.165) is 28.1 Å². The highest BCUT2D eigenvalue weighted by atomic mass is 16.2. The summed E-state index contributed by atoms with van der Waals surface area (Å²) in [6.07, 6.45) is 1.18. The van der Waals surface area contributed by atoms with Gasteiger partial charge in [0.15, 0.2) is 0 Å². The Bertz CT molecular complexity index is 767. The quantitative estimate of drug-likeness (QED) is 0.802. The standard InChI is InChI=1S/C21H27N3O2/c1-15-5-6-16(2)19(13-15)22-14-20(25)23-18-10-7-17(8-11-18)9-12-21(26)24(3)4/h5-8,10-11,13,22H,9,12,14H2,1-4H3,(H,23,25). The van der Waals surface area contributed by atoms with Crippen molar-refractivity contribution in [1.29, 1.82) is 0 Å². The van der Waals surface area contributed by atoms with Crippen LogP contribution < -0.4 is 10.6 Å². The highest BCUT2D eigenvalue weighted by Gasteiger charge is 2.06. The van der Waals surface area contributed by atoms with E-state index in [2.05, 4.69) is 10.6 Å². The van der Waals surface area contributed by atoms with E-state index in [4.69, 9.17) is 0 Å². The van der Waals surface area contributed by atoms with Crippen LogP contribution in [0, 0.1) is 13.8 Å². The highest BCUT2D eigenvalue weighted by molar-refractivity contribution is 5.93. The maximum atomic E-state index is 12.1. The van der Waals surface area contributed by atoms with Crippen LogP contribution in [0.25, 0.3) is 0 Å². The number of hydrogen-bond acceptors (Lipinski definition) is 3. The van der Waals surface area contributed by atoms with Crippen molar-refractivity contribution in [2.24, 2.45) is 0 Å². The molecule has 0 atom stereocenters. The van der Waals surface area contributed by atoms with Gasteiger partial charge in [0.05, 0.1) is 6.54 Å². The first-order valence-corrected chi connectivity index (χ1v) is 8.75. The van der Waals surface area contributed by atoms with E-state index in [1.54, 1.807) is 19.0 Å². The fourth-order valence-corrected chi connectivity index (χ4v) is 2.54. The molecule has 0 radical (unpaired) electrons. The number of hydrogen-bond donors (Lipinski definition) is 2. The molecule has 26 heavy (non-hydrogen) atoms. The maximum absolute atomic E-state index is 12.1. The molecule has 0 aromatic heterocycles. The zero-order chi connectivity index (χ0) is 19.1. The van der Waals surface area contributed by atoms with Crippen molar-refractivity contribution in [3.05, 3.63) is 59.2 Å². The molecule has 2 aromatic rings. The first-order chi connectivity index (χ1) is 12.3. The molecule has 0 aliphatic rings. The highest BCUT2D eigenvalue weighted by Crippen LogP contribution is 2.16. The molecular weight excluding hydrogens is 326 g/mol. The summed E-state index contributed by atoms with van der Waals surface area (Å²) in [7, 11) is 3.51. The number of amides is 2. The summed E-state index contributed by atoms with van der Waals surface area (Å²) in [6.45, 7) is 4.25. The van der Waals surface area contributed by atoms with Crippen LogP contribution in [-0.2, 0) is 16.0 Å². The summed E-state index contributed by atoms with van der Waals surface area (Å²) in [5.41, 5.74) is 5.06. The largest absolute Gasteiger partial charge is 0.376 e. The summed E-state index contributed by atoms with van der Waals surface area (Å²) >= 11 is 0. The van der Waals surface area contributed by atoms with Crippen LogP contribution in [-0.4, -0.2) is 37.4 Å². The average Bonchev–Trinajstić information content (AvgIpc) is 2.61. The minimum absolute atomic E-state index is 0.0959. The van der Waals surface area contributed by atoms with Crippen molar-refractivity contribution in [3.63, 3.8) is 0 Å². The second-order valence-corrected chi connectivity index (χ2v) is 6.71. The van der Waals surface area contributed by atoms with Gasteiger partial charge in [0.1, 0.15) is 0 Å². The number of anilines is 2. The van der Waals surface area contributed by atoms with Crippen molar-refractivity contribution >= 4 is 23.2 Å². The lowest BCUT2D eigenvalue weighted by Crippen LogP contribution is -2.22. The van der Waals surface area contributed by atoms with Gasteiger partial charge in [-0.15, -0.1) is 0 Å². The first kappa shape index (κ1) is 19.5. The Balaban J connectivity index is 1.83. The second kappa shape index (κ2) is 9.04. The maximum Gasteiger partial charge on any atom is 0.243 e. The number of carbonyl (C=O) groups excluding carboxylic acids is 2. The van der Waals surface area contributed by atoms with Crippen LogP contribution in [0.1, 0.15) is 23.1 Å². The Morgan fingerprint density at radius 3 is 2.35 bits per heavy atom. The third-order valence-corrected chi connectivity index (χ3v) is 4.20. The van der Waals surface area contributed by atoms with Crippen LogP contribution in [0.3, 0.4) is 0 Å². The zero-order valence-corrected chi connectivity index (χ0v) is 15.9. The van der Waals surface area contributed by atoms with E-state index in [1.807, 2.05) is 56.3 Å². The lowest BCUT2D eigenvalue weighted by molar-refractivity contribution is -0.128. The lowest BCUT2D eigenvalue weighted by Gasteiger charge is -2.12. The number of nitrogens with zero attached hydrogens (tertiary/aromatic N) is 1. The Morgan fingerprint density at radius 1 is 1.00 bits per heavy atom. The first-order valence-electron chi connectivity index (χ1n) is 8.75. The Morgan fingerprint density at radius 2 is 1.69 bits per heavy atom. The molecule has 0 bridgehead atoms. The number of benzene rings is 2. The molecule has 5 heteroatoms. The van der Waals surface area contributed by atoms with Gasteiger partial charge in [-0.1, -0.05) is 24.3 Å². The van der Waals surface area contributed by atoms with Crippen molar-refractivity contribution in [2.45, 2.75) is 26.7 Å². The molecule has 0 unspecified atom stereocenters. The normalized spacial score (nSPS) is 10.3. The van der Waals surface area contributed by atoms with Gasteiger partial charge in [0.25, 0.3) is 0 Å². The average molecular weight is 353 g/mol. The molecule has 2 amide bonds. The molecule has 2 aromatic carbocycles. The lowest BCUT2D eigenvalue weighted by atomic mass is 10.1. The third kappa shape index (κ3) is 5.92. The molecule has 0 aliphatic carbocycles. The van der Waals surface area contributed by atoms with Crippen molar-refractivity contribution < 1.29 is 9.59 Å². The molecule has 0 saturated carbocycles. The topological polar surface area (TPSA) is 61.4 Å². The molecule has 0 saturated heterocycles. The zero-order valence-electron chi connectivity index (χ0n) is 15.9. The van der Waals surface area contributed by atoms with E-state index < -0.39 is 0 Å². The second-order valence-electron chi connectivity index (χ2n) is 6.71. The summed E-state index contributed by atoms with van der Waals surface area (Å²) in [4.78, 5) is 25.4. The predicted molar refractivity (Wildman–Crippen MR) is 106 cm³/mol. The van der Waals surface area contributed by atoms with Gasteiger partial charge in [0.2, 0.25) is 11.8 Å². The van der Waals surface area contributed by atoms with Crippen molar-refractivity contribution in [1.82, 2.24) is 4.90 Å². The number of carbonyl (C=O) groups is 2. The predicted octanol–water partition coefficient (Wildman–Crippen LogP) is 3.37. The Kier molecular flexibility index (Phi) is 6.78. The van der Waals surface area contributed by atoms with E-state index in [1.165, 1.54) is 0 Å². The van der Waals surface area contributed by atoms with E-state index in [-0.39, 0.29) is 18.4 Å². The van der Waals surface area contributed by atoms with Gasteiger partial charge < -0.3 is 15.5 Å². The van der Waals surface area contributed by atoms with Gasteiger partial charge in [-0.25, -0.2) is 0 Å². The van der Waals surface area contributed by atoms with Crippen LogP contribution in [0.4, 0.5) is 11.4 Å². The summed E-state index contributed by atoms with van der Waals surface area (Å²) in [5.74, 6) is 0.0151. The number of aryl methyl sites for hydroxylation is 3. The molecule has 5 nitrogen and oxygen atoms in total. The van der Waals surface area contributed by atoms with Crippen LogP contribution in [0.2, 0.25) is 0 Å². The Hall–Kier alpha value is -2.82. The van der Waals surface area contributed by atoms with Crippen LogP contribution in [0.5, 0.6) is 0 Å². The van der Waals surface area contributed by atoms with Gasteiger partial charge in [0, 0.05) is 31.9 Å². The molecule has 2 N–H and O–H groups in total. The molecule has 0 fully saturated rings. The SMILES string of the molecule is Cc1ccc(C)c(NCC(=O)Nc2ccc(CCC(=O)N(C)C)cc2)c1. The minimum atomic E-state index is -0.0959. The van der Waals surface area contributed by atoms with Gasteiger partial charge >= 0.3 is 0 Å². The number of nitrogens with one attached hydrogen (secondary N) is 2. The molecule has 0 spiro atoms. The van der Waals surface area contributed by atoms with Crippen LogP contribution >= 0.6 is 0 Å². The van der Waals surface area contributed by atoms with E-state index in [9.17, 15) is 9.59 Å². The fraction of sp³-hybridized carbons (Fsp3) is 0.333. The molecule has 138 valence electrons. The van der Waals surface area contributed by atoms with Gasteiger partial charge in [-0.05, 0) is 55.2 Å². The molecule has 0 aliphatic heterocycles. The Labute approximate surface area is 155 Å². The van der Waals surface area contributed by atoms with Gasteiger partial charge in [-0.2, -0.15) is 0 Å². The minimum Gasteiger partial charge on any atom is -0.376 e. The summed E-state index contributed by atoms with van der Waals surface area (Å²) in [6, 6.07) is 13.7.